The first-order valence-corrected chi connectivity index (χ1v) is 6.92. The minimum Gasteiger partial charge on any atom is -0.481 e. The molecule has 1 saturated heterocycles. The summed E-state index contributed by atoms with van der Waals surface area (Å²) in [6.45, 7) is 5.43. The quantitative estimate of drug-likeness (QED) is 0.530. The molecule has 0 bridgehead atoms. The Morgan fingerprint density at radius 3 is 2.65 bits per heavy atom. The number of nitrogens with zero attached hydrogens (tertiary/aromatic N) is 1. The fourth-order valence-electron chi connectivity index (χ4n) is 2.02. The third-order valence-corrected chi connectivity index (χ3v) is 3.09. The van der Waals surface area contributed by atoms with Crippen molar-refractivity contribution in [3.05, 3.63) is 0 Å². The summed E-state index contributed by atoms with van der Waals surface area (Å²) < 4.78 is 20.9. The number of carbonyl (C=O) groups is 1. The molecule has 1 rings (SSSR count). The molecule has 0 spiro atoms. The van der Waals surface area contributed by atoms with Crippen LogP contribution >= 0.6 is 0 Å². The molecule has 20 heavy (non-hydrogen) atoms. The molecule has 1 aliphatic heterocycles. The molecule has 0 aromatic heterocycles. The summed E-state index contributed by atoms with van der Waals surface area (Å²) in [4.78, 5) is 12.9. The first-order chi connectivity index (χ1) is 9.74. The normalized spacial score (nSPS) is 20.1. The zero-order valence-corrected chi connectivity index (χ0v) is 12.1. The van der Waals surface area contributed by atoms with Crippen molar-refractivity contribution >= 4 is 5.97 Å². The van der Waals surface area contributed by atoms with Crippen molar-refractivity contribution in [3.8, 4) is 0 Å². The van der Waals surface area contributed by atoms with Gasteiger partial charge in [-0.3, -0.25) is 9.69 Å². The first-order valence-electron chi connectivity index (χ1n) is 6.92. The summed E-state index contributed by atoms with van der Waals surface area (Å²) >= 11 is 0. The first kappa shape index (κ1) is 17.3. The van der Waals surface area contributed by atoms with Gasteiger partial charge in [0, 0.05) is 26.2 Å². The summed E-state index contributed by atoms with van der Waals surface area (Å²) in [5, 5.41) is 8.86. The minimum atomic E-state index is -0.794. The van der Waals surface area contributed by atoms with Crippen LogP contribution in [0.2, 0.25) is 0 Å². The Balaban J connectivity index is 2.05. The van der Waals surface area contributed by atoms with E-state index >= 15 is 0 Å². The topological polar surface area (TPSA) is 77.5 Å². The van der Waals surface area contributed by atoms with Crippen molar-refractivity contribution < 1.29 is 28.8 Å². The number of aliphatic carboxylic acids is 1. The van der Waals surface area contributed by atoms with Gasteiger partial charge >= 0.3 is 5.97 Å². The van der Waals surface area contributed by atoms with Crippen molar-refractivity contribution in [3.63, 3.8) is 0 Å². The number of rotatable bonds is 11. The van der Waals surface area contributed by atoms with Crippen LogP contribution < -0.4 is 0 Å². The maximum Gasteiger partial charge on any atom is 0.305 e. The number of carboxylic acid groups (broad SMARTS) is 1. The second kappa shape index (κ2) is 11.0. The van der Waals surface area contributed by atoms with Gasteiger partial charge in [-0.1, -0.05) is 0 Å². The molecule has 1 atom stereocenters. The van der Waals surface area contributed by atoms with Gasteiger partial charge in [0.1, 0.15) is 0 Å². The summed E-state index contributed by atoms with van der Waals surface area (Å²) in [6, 6.07) is -0.0530. The Morgan fingerprint density at radius 2 is 1.95 bits per heavy atom. The lowest BCUT2D eigenvalue weighted by atomic mass is 10.1. The third-order valence-electron chi connectivity index (χ3n) is 3.09. The molecule has 0 aromatic rings. The zero-order chi connectivity index (χ0) is 14.6. The summed E-state index contributed by atoms with van der Waals surface area (Å²) in [6.07, 6.45) is 0.111. The number of hydrogen-bond acceptors (Lipinski definition) is 6. The second-order valence-electron chi connectivity index (χ2n) is 4.58. The van der Waals surface area contributed by atoms with Crippen LogP contribution in [0.25, 0.3) is 0 Å². The smallest absolute Gasteiger partial charge is 0.305 e. The standard InChI is InChI=1S/C13H25NO6/c1-17-6-7-19-9-8-18-4-2-14-3-5-20-11-12(14)10-13(15)16/h12H,2-11H2,1H3,(H,15,16). The van der Waals surface area contributed by atoms with Crippen LogP contribution in [0.15, 0.2) is 0 Å². The van der Waals surface area contributed by atoms with Crippen LogP contribution in [-0.2, 0) is 23.7 Å². The van der Waals surface area contributed by atoms with Crippen molar-refractivity contribution in [2.24, 2.45) is 0 Å². The van der Waals surface area contributed by atoms with Gasteiger partial charge in [-0.25, -0.2) is 0 Å². The second-order valence-corrected chi connectivity index (χ2v) is 4.58. The Labute approximate surface area is 119 Å². The molecular formula is C13H25NO6. The lowest BCUT2D eigenvalue weighted by molar-refractivity contribution is -0.140. The highest BCUT2D eigenvalue weighted by Gasteiger charge is 2.24. The summed E-state index contributed by atoms with van der Waals surface area (Å²) in [7, 11) is 1.63. The van der Waals surface area contributed by atoms with Crippen LogP contribution in [-0.4, -0.2) is 88.5 Å². The monoisotopic (exact) mass is 291 g/mol. The molecule has 1 N–H and O–H groups in total. The van der Waals surface area contributed by atoms with Gasteiger partial charge in [-0.15, -0.1) is 0 Å². The zero-order valence-electron chi connectivity index (χ0n) is 12.1. The SMILES string of the molecule is COCCOCCOCCN1CCOCC1CC(=O)O. The molecule has 0 aromatic carbocycles. The predicted octanol–water partition coefficient (Wildman–Crippen LogP) is -0.158. The molecule has 1 unspecified atom stereocenters. The van der Waals surface area contributed by atoms with Gasteiger partial charge < -0.3 is 24.1 Å². The number of ether oxygens (including phenoxy) is 4. The number of methoxy groups -OCH3 is 1. The van der Waals surface area contributed by atoms with Crippen LogP contribution in [0.1, 0.15) is 6.42 Å². The van der Waals surface area contributed by atoms with Crippen LogP contribution in [0, 0.1) is 0 Å². The molecule has 0 aliphatic carbocycles. The largest absolute Gasteiger partial charge is 0.481 e. The van der Waals surface area contributed by atoms with E-state index in [4.69, 9.17) is 24.1 Å². The molecule has 0 saturated carbocycles. The van der Waals surface area contributed by atoms with Gasteiger partial charge in [0.25, 0.3) is 0 Å². The average molecular weight is 291 g/mol. The van der Waals surface area contributed by atoms with Crippen LogP contribution in [0.3, 0.4) is 0 Å². The Kier molecular flexibility index (Phi) is 9.52. The highest BCUT2D eigenvalue weighted by atomic mass is 16.5. The Bertz CT molecular complexity index is 263. The van der Waals surface area contributed by atoms with Crippen molar-refractivity contribution in [1.29, 1.82) is 0 Å². The van der Waals surface area contributed by atoms with Crippen molar-refractivity contribution in [2.45, 2.75) is 12.5 Å². The molecule has 1 fully saturated rings. The predicted molar refractivity (Wildman–Crippen MR) is 71.9 cm³/mol. The Hall–Kier alpha value is -0.730. The Morgan fingerprint density at radius 1 is 1.25 bits per heavy atom. The van der Waals surface area contributed by atoms with Gasteiger partial charge in [0.05, 0.1) is 52.7 Å². The average Bonchev–Trinajstić information content (AvgIpc) is 2.43. The maximum absolute atomic E-state index is 10.8. The lowest BCUT2D eigenvalue weighted by Crippen LogP contribution is -2.47. The van der Waals surface area contributed by atoms with E-state index in [9.17, 15) is 4.79 Å². The van der Waals surface area contributed by atoms with Crippen LogP contribution in [0.4, 0.5) is 0 Å². The minimum absolute atomic E-state index is 0.0530. The van der Waals surface area contributed by atoms with E-state index < -0.39 is 5.97 Å². The molecule has 1 heterocycles. The molecule has 7 heteroatoms. The van der Waals surface area contributed by atoms with Gasteiger partial charge in [0.15, 0.2) is 0 Å². The van der Waals surface area contributed by atoms with Gasteiger partial charge in [-0.2, -0.15) is 0 Å². The highest BCUT2D eigenvalue weighted by molar-refractivity contribution is 5.67. The van der Waals surface area contributed by atoms with E-state index in [0.717, 1.165) is 13.1 Å². The fourth-order valence-corrected chi connectivity index (χ4v) is 2.02. The molecule has 118 valence electrons. The molecular weight excluding hydrogens is 266 g/mol. The number of hydrogen-bond donors (Lipinski definition) is 1. The van der Waals surface area contributed by atoms with Crippen LogP contribution in [0.5, 0.6) is 0 Å². The van der Waals surface area contributed by atoms with E-state index in [2.05, 4.69) is 4.90 Å². The molecule has 0 amide bonds. The van der Waals surface area contributed by atoms with Gasteiger partial charge in [0.2, 0.25) is 0 Å². The maximum atomic E-state index is 10.8. The summed E-state index contributed by atoms with van der Waals surface area (Å²) in [5.74, 6) is -0.794. The third kappa shape index (κ3) is 7.76. The highest BCUT2D eigenvalue weighted by Crippen LogP contribution is 2.10. The van der Waals surface area contributed by atoms with Crippen molar-refractivity contribution in [2.75, 3.05) is 66.4 Å². The van der Waals surface area contributed by atoms with E-state index in [1.54, 1.807) is 7.11 Å². The molecule has 1 aliphatic rings. The molecule has 0 radical (unpaired) electrons. The van der Waals surface area contributed by atoms with E-state index in [-0.39, 0.29) is 12.5 Å². The van der Waals surface area contributed by atoms with Gasteiger partial charge in [-0.05, 0) is 0 Å². The van der Waals surface area contributed by atoms with E-state index in [1.807, 2.05) is 0 Å². The molecule has 7 nitrogen and oxygen atoms in total. The fraction of sp³-hybridized carbons (Fsp3) is 0.923. The summed E-state index contributed by atoms with van der Waals surface area (Å²) in [5.41, 5.74) is 0. The van der Waals surface area contributed by atoms with E-state index in [0.29, 0.717) is 46.2 Å². The van der Waals surface area contributed by atoms with Crippen molar-refractivity contribution in [1.82, 2.24) is 4.90 Å². The lowest BCUT2D eigenvalue weighted by Gasteiger charge is -2.34. The van der Waals surface area contributed by atoms with E-state index in [1.165, 1.54) is 0 Å². The number of morpholine rings is 1. The number of carboxylic acids is 1.